The molecule has 0 aliphatic rings. The topological polar surface area (TPSA) is 25.8 Å². The van der Waals surface area contributed by atoms with Gasteiger partial charge in [-0.05, 0) is 85.3 Å². The molecule has 2 nitrogen and oxygen atoms in total. The minimum atomic E-state index is 1.23. The third kappa shape index (κ3) is 8.47. The standard InChI is InChI=1S/2C13H13N.2C2H6/c1-10-7-11(2)9-13(8-10)12-3-5-14-6-4-12;1-10-3-4-13(9-11(10)2)12-5-7-14-8-6-12;2*1-2/h2*3-9H,1-2H3;2*1-2H3. The normalized spacial score (nSPS) is 9.25. The van der Waals surface area contributed by atoms with E-state index in [1.165, 1.54) is 44.5 Å². The smallest absolute Gasteiger partial charge is 0.0273 e. The molecule has 0 saturated carbocycles. The molecule has 2 heteroatoms. The molecule has 2 heterocycles. The molecule has 0 unspecified atom stereocenters. The van der Waals surface area contributed by atoms with Crippen molar-refractivity contribution in [2.45, 2.75) is 55.4 Å². The minimum absolute atomic E-state index is 1.23. The molecule has 0 radical (unpaired) electrons. The molecule has 0 N–H and O–H groups in total. The summed E-state index contributed by atoms with van der Waals surface area (Å²) < 4.78 is 0. The van der Waals surface area contributed by atoms with Gasteiger partial charge in [0.2, 0.25) is 0 Å². The van der Waals surface area contributed by atoms with E-state index >= 15 is 0 Å². The Kier molecular flexibility index (Phi) is 12.3. The maximum absolute atomic E-state index is 4.02. The maximum atomic E-state index is 4.02. The first kappa shape index (κ1) is 26.8. The van der Waals surface area contributed by atoms with Crippen LogP contribution in [0.3, 0.4) is 0 Å². The van der Waals surface area contributed by atoms with Crippen molar-refractivity contribution in [3.8, 4) is 22.3 Å². The molecule has 0 aliphatic heterocycles. The first-order chi connectivity index (χ1) is 15.5. The summed E-state index contributed by atoms with van der Waals surface area (Å²) in [6.07, 6.45) is 7.30. The highest BCUT2D eigenvalue weighted by Gasteiger charge is 1.99. The SMILES string of the molecule is CC.CC.Cc1cc(C)cc(-c2ccncc2)c1.Cc1ccc(-c2ccncc2)cc1C. The molecular weight excluding hydrogens is 388 g/mol. The number of rotatable bonds is 2. The van der Waals surface area contributed by atoms with Crippen molar-refractivity contribution < 1.29 is 0 Å². The third-order valence-electron chi connectivity index (χ3n) is 4.76. The Balaban J connectivity index is 0.000000277. The van der Waals surface area contributed by atoms with Crippen LogP contribution in [0.4, 0.5) is 0 Å². The van der Waals surface area contributed by atoms with Gasteiger partial charge < -0.3 is 0 Å². The second-order valence-electron chi connectivity index (χ2n) is 7.15. The lowest BCUT2D eigenvalue weighted by Gasteiger charge is -2.04. The fourth-order valence-corrected chi connectivity index (χ4v) is 3.15. The van der Waals surface area contributed by atoms with E-state index in [0.717, 1.165) is 0 Å². The van der Waals surface area contributed by atoms with Gasteiger partial charge in [-0.25, -0.2) is 0 Å². The molecule has 168 valence electrons. The van der Waals surface area contributed by atoms with E-state index in [0.29, 0.717) is 0 Å². The number of pyridine rings is 2. The molecule has 0 aliphatic carbocycles. The van der Waals surface area contributed by atoms with Crippen molar-refractivity contribution in [3.63, 3.8) is 0 Å². The second-order valence-corrected chi connectivity index (χ2v) is 7.15. The first-order valence-electron chi connectivity index (χ1n) is 11.5. The van der Waals surface area contributed by atoms with Crippen LogP contribution in [0.5, 0.6) is 0 Å². The highest BCUT2D eigenvalue weighted by atomic mass is 14.6. The lowest BCUT2D eigenvalue weighted by Crippen LogP contribution is -1.83. The van der Waals surface area contributed by atoms with E-state index in [9.17, 15) is 0 Å². The minimum Gasteiger partial charge on any atom is -0.265 e. The zero-order valence-electron chi connectivity index (χ0n) is 21.0. The predicted octanol–water partition coefficient (Wildman–Crippen LogP) is 8.78. The molecule has 0 fully saturated rings. The molecule has 0 bridgehead atoms. The number of aromatic nitrogens is 2. The van der Waals surface area contributed by atoms with E-state index in [-0.39, 0.29) is 0 Å². The molecule has 32 heavy (non-hydrogen) atoms. The highest BCUT2D eigenvalue weighted by molar-refractivity contribution is 5.65. The summed E-state index contributed by atoms with van der Waals surface area (Å²) in [6, 6.07) is 21.2. The van der Waals surface area contributed by atoms with Gasteiger partial charge in [0.15, 0.2) is 0 Å². The van der Waals surface area contributed by atoms with Crippen molar-refractivity contribution in [1.29, 1.82) is 0 Å². The van der Waals surface area contributed by atoms with Gasteiger partial charge in [0, 0.05) is 24.8 Å². The molecule has 2 aromatic heterocycles. The first-order valence-corrected chi connectivity index (χ1v) is 11.5. The number of hydrogen-bond acceptors (Lipinski definition) is 2. The van der Waals surface area contributed by atoms with E-state index < -0.39 is 0 Å². The van der Waals surface area contributed by atoms with Gasteiger partial charge in [-0.2, -0.15) is 0 Å². The van der Waals surface area contributed by atoms with E-state index in [2.05, 4.69) is 74.1 Å². The molecule has 0 saturated heterocycles. The van der Waals surface area contributed by atoms with Crippen LogP contribution in [0.2, 0.25) is 0 Å². The van der Waals surface area contributed by atoms with Gasteiger partial charge in [-0.15, -0.1) is 0 Å². The van der Waals surface area contributed by atoms with Crippen LogP contribution in [-0.2, 0) is 0 Å². The van der Waals surface area contributed by atoms with Gasteiger partial charge in [0.25, 0.3) is 0 Å². The summed E-state index contributed by atoms with van der Waals surface area (Å²) >= 11 is 0. The van der Waals surface area contributed by atoms with Gasteiger partial charge in [0.1, 0.15) is 0 Å². The highest BCUT2D eigenvalue weighted by Crippen LogP contribution is 2.22. The Morgan fingerprint density at radius 3 is 1.28 bits per heavy atom. The Morgan fingerprint density at radius 1 is 0.406 bits per heavy atom. The van der Waals surface area contributed by atoms with Crippen LogP contribution >= 0.6 is 0 Å². The fraction of sp³-hybridized carbons (Fsp3) is 0.267. The molecule has 0 atom stereocenters. The average molecular weight is 427 g/mol. The quantitative estimate of drug-likeness (QED) is 0.320. The Labute approximate surface area is 195 Å². The monoisotopic (exact) mass is 426 g/mol. The fourth-order valence-electron chi connectivity index (χ4n) is 3.15. The second kappa shape index (κ2) is 14.7. The van der Waals surface area contributed by atoms with Crippen LogP contribution in [0, 0.1) is 27.7 Å². The number of nitrogens with zero attached hydrogens (tertiary/aromatic N) is 2. The summed E-state index contributed by atoms with van der Waals surface area (Å²) in [6.45, 7) is 16.5. The maximum Gasteiger partial charge on any atom is 0.0273 e. The van der Waals surface area contributed by atoms with E-state index in [1.54, 1.807) is 0 Å². The summed E-state index contributed by atoms with van der Waals surface area (Å²) in [4.78, 5) is 8.03. The van der Waals surface area contributed by atoms with Crippen LogP contribution in [0.15, 0.2) is 85.5 Å². The van der Waals surface area contributed by atoms with Gasteiger partial charge in [0.05, 0.1) is 0 Å². The number of benzene rings is 2. The summed E-state index contributed by atoms with van der Waals surface area (Å²) in [5, 5.41) is 0. The molecule has 2 aromatic carbocycles. The largest absolute Gasteiger partial charge is 0.265 e. The van der Waals surface area contributed by atoms with Gasteiger partial charge >= 0.3 is 0 Å². The Bertz CT molecular complexity index is 1020. The lowest BCUT2D eigenvalue weighted by atomic mass is 10.0. The molecular formula is C30H38N2. The van der Waals surface area contributed by atoms with E-state index in [4.69, 9.17) is 0 Å². The zero-order valence-corrected chi connectivity index (χ0v) is 21.0. The third-order valence-corrected chi connectivity index (χ3v) is 4.76. The molecule has 0 amide bonds. The lowest BCUT2D eigenvalue weighted by molar-refractivity contribution is 1.31. The van der Waals surface area contributed by atoms with Gasteiger partial charge in [-0.1, -0.05) is 75.2 Å². The summed E-state index contributed by atoms with van der Waals surface area (Å²) in [7, 11) is 0. The van der Waals surface area contributed by atoms with Crippen LogP contribution in [-0.4, -0.2) is 9.97 Å². The number of aryl methyl sites for hydroxylation is 4. The zero-order chi connectivity index (χ0) is 23.9. The summed E-state index contributed by atoms with van der Waals surface area (Å²) in [5.41, 5.74) is 10.3. The average Bonchev–Trinajstić information content (AvgIpc) is 2.84. The van der Waals surface area contributed by atoms with Crippen LogP contribution < -0.4 is 0 Å². The molecule has 0 spiro atoms. The van der Waals surface area contributed by atoms with Crippen molar-refractivity contribution in [2.24, 2.45) is 0 Å². The Hall–Kier alpha value is -3.26. The van der Waals surface area contributed by atoms with Gasteiger partial charge in [-0.3, -0.25) is 9.97 Å². The summed E-state index contributed by atoms with van der Waals surface area (Å²) in [5.74, 6) is 0. The van der Waals surface area contributed by atoms with E-state index in [1.807, 2.05) is 76.7 Å². The Morgan fingerprint density at radius 2 is 0.844 bits per heavy atom. The predicted molar refractivity (Wildman–Crippen MR) is 141 cm³/mol. The van der Waals surface area contributed by atoms with Crippen molar-refractivity contribution in [2.75, 3.05) is 0 Å². The van der Waals surface area contributed by atoms with Crippen LogP contribution in [0.25, 0.3) is 22.3 Å². The molecule has 4 rings (SSSR count). The molecule has 4 aromatic rings. The van der Waals surface area contributed by atoms with Crippen LogP contribution in [0.1, 0.15) is 49.9 Å². The number of hydrogen-bond donors (Lipinski definition) is 0. The van der Waals surface area contributed by atoms with Crippen molar-refractivity contribution >= 4 is 0 Å². The van der Waals surface area contributed by atoms with Crippen molar-refractivity contribution in [3.05, 3.63) is 108 Å². The van der Waals surface area contributed by atoms with Crippen molar-refractivity contribution in [1.82, 2.24) is 9.97 Å².